The second-order valence-corrected chi connectivity index (χ2v) is 13.3. The van der Waals surface area contributed by atoms with Crippen LogP contribution in [-0.4, -0.2) is 4.57 Å². The van der Waals surface area contributed by atoms with Crippen LogP contribution >= 0.6 is 0 Å². The van der Waals surface area contributed by atoms with Crippen LogP contribution < -0.4 is 4.90 Å². The number of nitrogens with zero attached hydrogens (tertiary/aromatic N) is 2. The van der Waals surface area contributed by atoms with E-state index in [0.29, 0.717) is 0 Å². The lowest BCUT2D eigenvalue weighted by Crippen LogP contribution is -2.31. The Kier molecular flexibility index (Phi) is 6.75. The highest BCUT2D eigenvalue weighted by Crippen LogP contribution is 2.59. The zero-order chi connectivity index (χ0) is 33.8. The van der Waals surface area contributed by atoms with Gasteiger partial charge in [-0.25, -0.2) is 0 Å². The van der Waals surface area contributed by atoms with Gasteiger partial charge in [-0.1, -0.05) is 152 Å². The standard InChI is InChI=1S/C49H34N2/c1-5-19-37(20-6-1)49(38-21-7-2-8-22-38)45-28-16-15-27-43(45)47-44-34-42(31-32-46(44)51(48(47)49)40-25-11-4-12-26-40)50(39-23-9-3-10-24-39)41-30-29-35-17-13-14-18-36(35)33-41/h1-34H. The quantitative estimate of drug-likeness (QED) is 0.174. The Labute approximate surface area is 298 Å². The molecular weight excluding hydrogens is 617 g/mol. The zero-order valence-corrected chi connectivity index (χ0v) is 28.0. The van der Waals surface area contributed by atoms with Gasteiger partial charge in [0.2, 0.25) is 0 Å². The highest BCUT2D eigenvalue weighted by Gasteiger charge is 2.50. The molecule has 0 radical (unpaired) electrons. The number of hydrogen-bond donors (Lipinski definition) is 0. The van der Waals surface area contributed by atoms with Crippen LogP contribution in [0.1, 0.15) is 22.4 Å². The number of anilines is 3. The van der Waals surface area contributed by atoms with E-state index in [-0.39, 0.29) is 0 Å². The summed E-state index contributed by atoms with van der Waals surface area (Å²) in [5.74, 6) is 0. The smallest absolute Gasteiger partial charge is 0.0870 e. The molecule has 0 amide bonds. The van der Waals surface area contributed by atoms with Crippen molar-refractivity contribution in [3.63, 3.8) is 0 Å². The van der Waals surface area contributed by atoms with Gasteiger partial charge in [0.15, 0.2) is 0 Å². The summed E-state index contributed by atoms with van der Waals surface area (Å²) in [7, 11) is 0. The van der Waals surface area contributed by atoms with E-state index in [9.17, 15) is 0 Å². The molecule has 0 N–H and O–H groups in total. The van der Waals surface area contributed by atoms with Gasteiger partial charge in [0, 0.05) is 33.7 Å². The minimum Gasteiger partial charge on any atom is -0.311 e. The molecule has 1 aliphatic rings. The van der Waals surface area contributed by atoms with E-state index in [4.69, 9.17) is 0 Å². The summed E-state index contributed by atoms with van der Waals surface area (Å²) in [4.78, 5) is 2.39. The van der Waals surface area contributed by atoms with Crippen LogP contribution in [0.5, 0.6) is 0 Å². The topological polar surface area (TPSA) is 8.17 Å². The molecule has 9 aromatic rings. The lowest BCUT2D eigenvalue weighted by atomic mass is 9.69. The predicted octanol–water partition coefficient (Wildman–Crippen LogP) is 12.6. The molecule has 240 valence electrons. The van der Waals surface area contributed by atoms with Crippen molar-refractivity contribution < 1.29 is 0 Å². The van der Waals surface area contributed by atoms with E-state index in [0.717, 1.165) is 22.7 Å². The maximum atomic E-state index is 2.53. The maximum Gasteiger partial charge on any atom is 0.0870 e. The van der Waals surface area contributed by atoms with Crippen molar-refractivity contribution in [2.24, 2.45) is 0 Å². The first-order valence-corrected chi connectivity index (χ1v) is 17.6. The average molecular weight is 651 g/mol. The molecule has 0 fully saturated rings. The van der Waals surface area contributed by atoms with Gasteiger partial charge in [-0.05, 0) is 87.6 Å². The minimum atomic E-state index is -0.541. The van der Waals surface area contributed by atoms with E-state index < -0.39 is 5.41 Å². The van der Waals surface area contributed by atoms with E-state index in [1.807, 2.05) is 0 Å². The molecule has 0 atom stereocenters. The van der Waals surface area contributed by atoms with Crippen molar-refractivity contribution in [3.8, 4) is 16.8 Å². The molecule has 1 heterocycles. The molecule has 0 unspecified atom stereocenters. The van der Waals surface area contributed by atoms with Gasteiger partial charge in [-0.2, -0.15) is 0 Å². The highest BCUT2D eigenvalue weighted by molar-refractivity contribution is 6.07. The second kappa shape index (κ2) is 11.8. The van der Waals surface area contributed by atoms with Crippen LogP contribution in [0.2, 0.25) is 0 Å². The Morgan fingerprint density at radius 2 is 0.961 bits per heavy atom. The SMILES string of the molecule is c1ccc(N(c2ccc3ccccc3c2)c2ccc3c(c2)c2c(n3-c3ccccc3)C(c3ccccc3)(c3ccccc3)c3ccccc3-2)cc1. The summed E-state index contributed by atoms with van der Waals surface area (Å²) >= 11 is 0. The molecule has 0 spiro atoms. The van der Waals surface area contributed by atoms with E-state index >= 15 is 0 Å². The summed E-state index contributed by atoms with van der Waals surface area (Å²) in [5, 5.41) is 3.68. The summed E-state index contributed by atoms with van der Waals surface area (Å²) in [6, 6.07) is 75.2. The Morgan fingerprint density at radius 1 is 0.412 bits per heavy atom. The molecule has 51 heavy (non-hydrogen) atoms. The van der Waals surface area contributed by atoms with Crippen molar-refractivity contribution in [2.45, 2.75) is 5.41 Å². The Balaban J connectivity index is 1.33. The molecule has 2 nitrogen and oxygen atoms in total. The fourth-order valence-electron chi connectivity index (χ4n) is 8.51. The molecule has 1 aliphatic carbocycles. The number of para-hydroxylation sites is 2. The van der Waals surface area contributed by atoms with Crippen molar-refractivity contribution in [2.75, 3.05) is 4.90 Å². The van der Waals surface area contributed by atoms with Gasteiger partial charge in [-0.15, -0.1) is 0 Å². The van der Waals surface area contributed by atoms with Gasteiger partial charge in [0.1, 0.15) is 0 Å². The van der Waals surface area contributed by atoms with E-state index in [1.54, 1.807) is 0 Å². The molecule has 8 aromatic carbocycles. The van der Waals surface area contributed by atoms with E-state index in [2.05, 4.69) is 216 Å². The van der Waals surface area contributed by atoms with Crippen molar-refractivity contribution in [1.82, 2.24) is 4.57 Å². The zero-order valence-electron chi connectivity index (χ0n) is 28.0. The van der Waals surface area contributed by atoms with Crippen LogP contribution in [0.25, 0.3) is 38.5 Å². The van der Waals surface area contributed by atoms with Gasteiger partial charge < -0.3 is 9.47 Å². The maximum absolute atomic E-state index is 2.53. The number of aromatic nitrogens is 1. The Morgan fingerprint density at radius 3 is 1.67 bits per heavy atom. The first-order valence-electron chi connectivity index (χ1n) is 17.6. The number of fused-ring (bicyclic) bond motifs is 6. The summed E-state index contributed by atoms with van der Waals surface area (Å²) in [6.07, 6.45) is 0. The largest absolute Gasteiger partial charge is 0.311 e. The third-order valence-electron chi connectivity index (χ3n) is 10.6. The Bertz CT molecular complexity index is 2640. The number of benzene rings is 8. The molecule has 0 bridgehead atoms. The van der Waals surface area contributed by atoms with Crippen LogP contribution in [0.3, 0.4) is 0 Å². The third-order valence-corrected chi connectivity index (χ3v) is 10.6. The van der Waals surface area contributed by atoms with Gasteiger partial charge in [0.05, 0.1) is 16.6 Å². The van der Waals surface area contributed by atoms with Crippen molar-refractivity contribution in [3.05, 3.63) is 229 Å². The molecule has 10 rings (SSSR count). The number of rotatable bonds is 6. The molecular formula is C49H34N2. The highest BCUT2D eigenvalue weighted by atomic mass is 15.1. The van der Waals surface area contributed by atoms with Crippen molar-refractivity contribution >= 4 is 38.7 Å². The first-order chi connectivity index (χ1) is 25.3. The third kappa shape index (κ3) is 4.43. The molecule has 2 heteroatoms. The Hall–Kier alpha value is -6.64. The minimum absolute atomic E-state index is 0.541. The first kappa shape index (κ1) is 29.3. The van der Waals surface area contributed by atoms with E-state index in [1.165, 1.54) is 55.2 Å². The molecule has 0 aliphatic heterocycles. The fourth-order valence-corrected chi connectivity index (χ4v) is 8.51. The van der Waals surface area contributed by atoms with Crippen LogP contribution in [0.4, 0.5) is 17.1 Å². The lowest BCUT2D eigenvalue weighted by molar-refractivity contribution is 0.718. The van der Waals surface area contributed by atoms with Crippen LogP contribution in [0, 0.1) is 0 Å². The van der Waals surface area contributed by atoms with Gasteiger partial charge >= 0.3 is 0 Å². The summed E-state index contributed by atoms with van der Waals surface area (Å²) < 4.78 is 2.53. The van der Waals surface area contributed by atoms with Crippen molar-refractivity contribution in [1.29, 1.82) is 0 Å². The molecule has 0 saturated carbocycles. The summed E-state index contributed by atoms with van der Waals surface area (Å²) in [6.45, 7) is 0. The number of hydrogen-bond acceptors (Lipinski definition) is 1. The van der Waals surface area contributed by atoms with Crippen LogP contribution in [-0.2, 0) is 5.41 Å². The summed E-state index contributed by atoms with van der Waals surface area (Å²) in [5.41, 5.74) is 12.8. The normalized spacial score (nSPS) is 12.9. The monoisotopic (exact) mass is 650 g/mol. The molecule has 0 saturated heterocycles. The van der Waals surface area contributed by atoms with Gasteiger partial charge in [-0.3, -0.25) is 0 Å². The predicted molar refractivity (Wildman–Crippen MR) is 213 cm³/mol. The fraction of sp³-hybridized carbons (Fsp3) is 0.0204. The van der Waals surface area contributed by atoms with Crippen LogP contribution in [0.15, 0.2) is 206 Å². The second-order valence-electron chi connectivity index (χ2n) is 13.3. The average Bonchev–Trinajstić information content (AvgIpc) is 3.70. The lowest BCUT2D eigenvalue weighted by Gasteiger charge is -2.34. The van der Waals surface area contributed by atoms with Gasteiger partial charge in [0.25, 0.3) is 0 Å². The molecule has 1 aromatic heterocycles.